The van der Waals surface area contributed by atoms with Gasteiger partial charge in [-0.2, -0.15) is 5.26 Å². The molecule has 0 radical (unpaired) electrons. The van der Waals surface area contributed by atoms with E-state index in [0.29, 0.717) is 25.9 Å². The van der Waals surface area contributed by atoms with Gasteiger partial charge in [0.25, 0.3) is 0 Å². The molecule has 1 aliphatic rings. The lowest BCUT2D eigenvalue weighted by molar-refractivity contribution is -0.00209. The first-order valence-electron chi connectivity index (χ1n) is 6.78. The van der Waals surface area contributed by atoms with Crippen LogP contribution in [0.15, 0.2) is 0 Å². The van der Waals surface area contributed by atoms with Crippen LogP contribution in [0.2, 0.25) is 0 Å². The maximum atomic E-state index is 11.9. The van der Waals surface area contributed by atoms with Crippen LogP contribution in [0, 0.1) is 16.7 Å². The molecule has 19 heavy (non-hydrogen) atoms. The number of aliphatic hydroxyl groups is 1. The zero-order valence-electron chi connectivity index (χ0n) is 12.1. The molecule has 0 unspecified atom stereocenters. The molecule has 0 bridgehead atoms. The zero-order valence-corrected chi connectivity index (χ0v) is 12.1. The topological polar surface area (TPSA) is 73.6 Å². The average molecular weight is 268 g/mol. The molecule has 0 aromatic heterocycles. The quantitative estimate of drug-likeness (QED) is 0.852. The van der Waals surface area contributed by atoms with Crippen LogP contribution in [0.3, 0.4) is 0 Å². The fourth-order valence-electron chi connectivity index (χ4n) is 2.30. The first-order valence-corrected chi connectivity index (χ1v) is 6.78. The monoisotopic (exact) mass is 268 g/mol. The first kappa shape index (κ1) is 15.8. The molecule has 1 fully saturated rings. The lowest BCUT2D eigenvalue weighted by Crippen LogP contribution is -2.46. The van der Waals surface area contributed by atoms with Gasteiger partial charge in [-0.15, -0.1) is 0 Å². The van der Waals surface area contributed by atoms with Gasteiger partial charge >= 0.3 is 6.09 Å². The van der Waals surface area contributed by atoms with Gasteiger partial charge in [-0.05, 0) is 45.4 Å². The Kier molecular flexibility index (Phi) is 5.19. The summed E-state index contributed by atoms with van der Waals surface area (Å²) in [4.78, 5) is 13.6. The summed E-state index contributed by atoms with van der Waals surface area (Å²) in [6, 6.07) is 2.12. The van der Waals surface area contributed by atoms with Crippen molar-refractivity contribution >= 4 is 6.09 Å². The highest BCUT2D eigenvalue weighted by Gasteiger charge is 2.36. The number of hydrogen-bond donors (Lipinski definition) is 1. The molecule has 108 valence electrons. The molecule has 0 aliphatic carbocycles. The number of carbonyl (C=O) groups excluding carboxylic acids is 1. The van der Waals surface area contributed by atoms with Crippen LogP contribution in [0.25, 0.3) is 0 Å². The molecule has 5 heteroatoms. The van der Waals surface area contributed by atoms with Crippen molar-refractivity contribution in [2.75, 3.05) is 19.7 Å². The highest BCUT2D eigenvalue weighted by Crippen LogP contribution is 2.35. The molecular formula is C14H24N2O3. The smallest absolute Gasteiger partial charge is 0.410 e. The van der Waals surface area contributed by atoms with Crippen molar-refractivity contribution < 1.29 is 14.6 Å². The maximum Gasteiger partial charge on any atom is 0.410 e. The van der Waals surface area contributed by atoms with Gasteiger partial charge in [0.05, 0.1) is 6.07 Å². The third kappa shape index (κ3) is 4.71. The van der Waals surface area contributed by atoms with Gasteiger partial charge < -0.3 is 14.7 Å². The van der Waals surface area contributed by atoms with Crippen LogP contribution in [0.1, 0.15) is 46.5 Å². The maximum absolute atomic E-state index is 11.9. The molecular weight excluding hydrogens is 244 g/mol. The molecule has 1 saturated heterocycles. The van der Waals surface area contributed by atoms with Gasteiger partial charge in [0.15, 0.2) is 0 Å². The van der Waals surface area contributed by atoms with E-state index in [1.807, 2.05) is 20.8 Å². The fraction of sp³-hybridized carbons (Fsp3) is 0.857. The molecule has 1 amide bonds. The molecule has 0 saturated carbocycles. The number of piperidine rings is 1. The third-order valence-corrected chi connectivity index (χ3v) is 3.58. The third-order valence-electron chi connectivity index (χ3n) is 3.58. The number of nitrogens with zero attached hydrogens (tertiary/aromatic N) is 2. The van der Waals surface area contributed by atoms with E-state index in [4.69, 9.17) is 10.00 Å². The number of nitriles is 1. The summed E-state index contributed by atoms with van der Waals surface area (Å²) in [7, 11) is 0. The molecule has 5 nitrogen and oxygen atoms in total. The van der Waals surface area contributed by atoms with Crippen molar-refractivity contribution in [3.05, 3.63) is 0 Å². The minimum Gasteiger partial charge on any atom is -0.444 e. The summed E-state index contributed by atoms with van der Waals surface area (Å²) in [5.41, 5.74) is -0.683. The number of ether oxygens (including phenoxy) is 1. The zero-order chi connectivity index (χ0) is 14.5. The number of hydrogen-bond acceptors (Lipinski definition) is 4. The minimum atomic E-state index is -0.483. The van der Waals surface area contributed by atoms with Gasteiger partial charge in [0.1, 0.15) is 5.60 Å². The Balaban J connectivity index is 2.52. The molecule has 0 spiro atoms. The number of rotatable bonds is 3. The van der Waals surface area contributed by atoms with Gasteiger partial charge in [0, 0.05) is 26.1 Å². The van der Waals surface area contributed by atoms with Crippen molar-refractivity contribution in [1.82, 2.24) is 4.90 Å². The standard InChI is InChI=1S/C14H24N2O3/c1-13(2,3)19-12(18)16-9-6-14(11-17,7-10-16)5-4-8-15/h17H,4-7,9-11H2,1-3H3. The van der Waals surface area contributed by atoms with Crippen molar-refractivity contribution in [2.24, 2.45) is 5.41 Å². The van der Waals surface area contributed by atoms with Crippen LogP contribution in [0.4, 0.5) is 4.79 Å². The van der Waals surface area contributed by atoms with Crippen molar-refractivity contribution in [1.29, 1.82) is 5.26 Å². The van der Waals surface area contributed by atoms with E-state index in [1.54, 1.807) is 4.90 Å². The summed E-state index contributed by atoms with van der Waals surface area (Å²) < 4.78 is 5.33. The second-order valence-corrected chi connectivity index (χ2v) is 6.28. The average Bonchev–Trinajstić information content (AvgIpc) is 2.35. The molecule has 1 N–H and O–H groups in total. The van der Waals surface area contributed by atoms with Crippen LogP contribution in [-0.2, 0) is 4.74 Å². The van der Waals surface area contributed by atoms with E-state index in [-0.39, 0.29) is 18.1 Å². The van der Waals surface area contributed by atoms with E-state index in [1.165, 1.54) is 0 Å². The van der Waals surface area contributed by atoms with Crippen LogP contribution in [0.5, 0.6) is 0 Å². The summed E-state index contributed by atoms with van der Waals surface area (Å²) >= 11 is 0. The van der Waals surface area contributed by atoms with E-state index < -0.39 is 5.60 Å². The van der Waals surface area contributed by atoms with Crippen LogP contribution >= 0.6 is 0 Å². The Morgan fingerprint density at radius 2 is 2.00 bits per heavy atom. The predicted octanol–water partition coefficient (Wildman–Crippen LogP) is 2.30. The Labute approximate surface area is 115 Å². The Hall–Kier alpha value is -1.28. The highest BCUT2D eigenvalue weighted by molar-refractivity contribution is 5.68. The van der Waals surface area contributed by atoms with Crippen molar-refractivity contribution in [3.63, 3.8) is 0 Å². The summed E-state index contributed by atoms with van der Waals surface area (Å²) in [6.45, 7) is 6.79. The van der Waals surface area contributed by atoms with Gasteiger partial charge in [-0.25, -0.2) is 4.79 Å². The Morgan fingerprint density at radius 1 is 1.42 bits per heavy atom. The molecule has 1 rings (SSSR count). The second kappa shape index (κ2) is 6.25. The SMILES string of the molecule is CC(C)(C)OC(=O)N1CCC(CO)(CCC#N)CC1. The van der Waals surface area contributed by atoms with Gasteiger partial charge in [0.2, 0.25) is 0 Å². The molecule has 1 aliphatic heterocycles. The fourth-order valence-corrected chi connectivity index (χ4v) is 2.30. The first-order chi connectivity index (χ1) is 8.82. The Bertz CT molecular complexity index is 347. The summed E-state index contributed by atoms with van der Waals surface area (Å²) in [6.07, 6.45) is 2.31. The normalized spacial score (nSPS) is 18.8. The Morgan fingerprint density at radius 3 is 2.42 bits per heavy atom. The largest absolute Gasteiger partial charge is 0.444 e. The van der Waals surface area contributed by atoms with Crippen molar-refractivity contribution in [2.45, 2.75) is 52.1 Å². The molecule has 0 aromatic carbocycles. The minimum absolute atomic E-state index is 0.0802. The van der Waals surface area contributed by atoms with Gasteiger partial charge in [-0.1, -0.05) is 0 Å². The second-order valence-electron chi connectivity index (χ2n) is 6.28. The highest BCUT2D eigenvalue weighted by atomic mass is 16.6. The van der Waals surface area contributed by atoms with E-state index in [9.17, 15) is 9.90 Å². The lowest BCUT2D eigenvalue weighted by Gasteiger charge is -2.40. The van der Waals surface area contributed by atoms with E-state index in [0.717, 1.165) is 12.8 Å². The lowest BCUT2D eigenvalue weighted by atomic mass is 9.76. The molecule has 1 heterocycles. The van der Waals surface area contributed by atoms with Crippen LogP contribution in [-0.4, -0.2) is 41.4 Å². The number of aliphatic hydroxyl groups excluding tert-OH is 1. The van der Waals surface area contributed by atoms with Crippen LogP contribution < -0.4 is 0 Å². The van der Waals surface area contributed by atoms with E-state index in [2.05, 4.69) is 6.07 Å². The number of amides is 1. The summed E-state index contributed by atoms with van der Waals surface area (Å²) in [5, 5.41) is 18.2. The number of likely N-dealkylation sites (tertiary alicyclic amines) is 1. The van der Waals surface area contributed by atoms with E-state index >= 15 is 0 Å². The van der Waals surface area contributed by atoms with Crippen molar-refractivity contribution in [3.8, 4) is 6.07 Å². The number of carbonyl (C=O) groups is 1. The summed E-state index contributed by atoms with van der Waals surface area (Å²) in [5.74, 6) is 0. The molecule has 0 aromatic rings. The molecule has 0 atom stereocenters. The van der Waals surface area contributed by atoms with Gasteiger partial charge in [-0.3, -0.25) is 0 Å². The predicted molar refractivity (Wildman–Crippen MR) is 71.4 cm³/mol.